The van der Waals surface area contributed by atoms with Gasteiger partial charge in [0, 0.05) is 12.7 Å². The van der Waals surface area contributed by atoms with Crippen molar-refractivity contribution in [2.24, 2.45) is 5.73 Å². The zero-order chi connectivity index (χ0) is 10.8. The minimum atomic E-state index is 0.431. The van der Waals surface area contributed by atoms with Gasteiger partial charge < -0.3 is 5.73 Å². The molecule has 0 saturated heterocycles. The Hall–Kier alpha value is -1.03. The van der Waals surface area contributed by atoms with Crippen molar-refractivity contribution in [2.75, 3.05) is 0 Å². The van der Waals surface area contributed by atoms with E-state index in [1.807, 2.05) is 12.1 Å². The molecule has 78 valence electrons. The van der Waals surface area contributed by atoms with Crippen LogP contribution in [-0.2, 0) is 6.54 Å². The van der Waals surface area contributed by atoms with Crippen molar-refractivity contribution in [2.45, 2.75) is 6.54 Å². The van der Waals surface area contributed by atoms with E-state index in [0.29, 0.717) is 16.6 Å². The first-order valence-corrected chi connectivity index (χ1v) is 5.16. The van der Waals surface area contributed by atoms with E-state index in [9.17, 15) is 0 Å². The Morgan fingerprint density at radius 1 is 1.20 bits per heavy atom. The summed E-state index contributed by atoms with van der Waals surface area (Å²) >= 11 is 11.8. The van der Waals surface area contributed by atoms with Gasteiger partial charge >= 0.3 is 0 Å². The highest BCUT2D eigenvalue weighted by molar-refractivity contribution is 6.42. The lowest BCUT2D eigenvalue weighted by Gasteiger charge is -2.06. The Labute approximate surface area is 97.4 Å². The quantitative estimate of drug-likeness (QED) is 0.879. The van der Waals surface area contributed by atoms with E-state index in [0.717, 1.165) is 11.4 Å². The lowest BCUT2D eigenvalue weighted by atomic mass is 10.3. The van der Waals surface area contributed by atoms with Gasteiger partial charge in [-0.05, 0) is 24.3 Å². The zero-order valence-corrected chi connectivity index (χ0v) is 9.33. The normalized spacial score (nSPS) is 10.6. The first kappa shape index (κ1) is 10.5. The summed E-state index contributed by atoms with van der Waals surface area (Å²) in [4.78, 5) is 0. The molecule has 0 atom stereocenters. The maximum atomic E-state index is 5.92. The molecule has 0 spiro atoms. The Morgan fingerprint density at radius 2 is 2.00 bits per heavy atom. The molecule has 0 aliphatic carbocycles. The second-order valence-electron chi connectivity index (χ2n) is 3.04. The Morgan fingerprint density at radius 3 is 2.67 bits per heavy atom. The highest BCUT2D eigenvalue weighted by Gasteiger charge is 2.05. The van der Waals surface area contributed by atoms with Gasteiger partial charge in [0.2, 0.25) is 0 Å². The topological polar surface area (TPSA) is 43.8 Å². The third-order valence-corrected chi connectivity index (χ3v) is 2.82. The minimum absolute atomic E-state index is 0.431. The molecular weight excluding hydrogens is 233 g/mol. The molecule has 5 heteroatoms. The van der Waals surface area contributed by atoms with E-state index >= 15 is 0 Å². The van der Waals surface area contributed by atoms with Crippen LogP contribution < -0.4 is 5.73 Å². The predicted octanol–water partition coefficient (Wildman–Crippen LogP) is 2.64. The summed E-state index contributed by atoms with van der Waals surface area (Å²) in [6.07, 6.45) is 1.70. The molecule has 3 nitrogen and oxygen atoms in total. The van der Waals surface area contributed by atoms with Crippen molar-refractivity contribution in [3.05, 3.63) is 46.2 Å². The lowest BCUT2D eigenvalue weighted by molar-refractivity contribution is 0.804. The number of nitrogens with zero attached hydrogens (tertiary/aromatic N) is 2. The molecule has 0 aliphatic rings. The summed E-state index contributed by atoms with van der Waals surface area (Å²) < 4.78 is 1.74. The van der Waals surface area contributed by atoms with Crippen LogP contribution in [0.4, 0.5) is 0 Å². The summed E-state index contributed by atoms with van der Waals surface area (Å²) in [5.41, 5.74) is 7.36. The predicted molar refractivity (Wildman–Crippen MR) is 61.5 cm³/mol. The Balaban J connectivity index is 2.50. The third kappa shape index (κ3) is 2.00. The van der Waals surface area contributed by atoms with Crippen LogP contribution in [0.3, 0.4) is 0 Å². The van der Waals surface area contributed by atoms with E-state index in [2.05, 4.69) is 5.10 Å². The van der Waals surface area contributed by atoms with Crippen LogP contribution in [0.25, 0.3) is 5.69 Å². The molecule has 1 aromatic carbocycles. The molecule has 0 unspecified atom stereocenters. The molecular formula is C10H9Cl2N3. The van der Waals surface area contributed by atoms with Gasteiger partial charge in [-0.2, -0.15) is 5.10 Å². The van der Waals surface area contributed by atoms with Gasteiger partial charge in [0.25, 0.3) is 0 Å². The molecule has 1 heterocycles. The second-order valence-corrected chi connectivity index (χ2v) is 3.85. The largest absolute Gasteiger partial charge is 0.325 e. The van der Waals surface area contributed by atoms with Crippen LogP contribution in [0, 0.1) is 0 Å². The number of hydrogen-bond acceptors (Lipinski definition) is 2. The zero-order valence-electron chi connectivity index (χ0n) is 7.82. The Bertz CT molecular complexity index is 479. The molecule has 15 heavy (non-hydrogen) atoms. The van der Waals surface area contributed by atoms with E-state index in [1.54, 1.807) is 23.0 Å². The molecule has 0 radical (unpaired) electrons. The number of aromatic nitrogens is 2. The van der Waals surface area contributed by atoms with Crippen LogP contribution >= 0.6 is 23.2 Å². The van der Waals surface area contributed by atoms with Crippen molar-refractivity contribution in [1.29, 1.82) is 0 Å². The number of nitrogens with two attached hydrogens (primary N) is 1. The molecule has 1 aromatic heterocycles. The molecule has 0 aliphatic heterocycles. The maximum absolute atomic E-state index is 5.92. The van der Waals surface area contributed by atoms with E-state index in [-0.39, 0.29) is 0 Å². The monoisotopic (exact) mass is 241 g/mol. The van der Waals surface area contributed by atoms with Gasteiger partial charge in [0.1, 0.15) is 0 Å². The molecule has 2 aromatic rings. The smallest absolute Gasteiger partial charge is 0.0665 e. The van der Waals surface area contributed by atoms with E-state index in [1.165, 1.54) is 0 Å². The van der Waals surface area contributed by atoms with Gasteiger partial charge in [-0.3, -0.25) is 0 Å². The van der Waals surface area contributed by atoms with Crippen molar-refractivity contribution in [3.8, 4) is 5.69 Å². The fraction of sp³-hybridized carbons (Fsp3) is 0.100. The summed E-state index contributed by atoms with van der Waals surface area (Å²) in [6, 6.07) is 7.21. The summed E-state index contributed by atoms with van der Waals surface area (Å²) in [7, 11) is 0. The fourth-order valence-corrected chi connectivity index (χ4v) is 1.63. The Kier molecular flexibility index (Phi) is 2.95. The van der Waals surface area contributed by atoms with Gasteiger partial charge in [-0.25, -0.2) is 4.68 Å². The lowest BCUT2D eigenvalue weighted by Crippen LogP contribution is -2.06. The first-order valence-electron chi connectivity index (χ1n) is 4.41. The highest BCUT2D eigenvalue weighted by Crippen LogP contribution is 2.24. The van der Waals surface area contributed by atoms with E-state index in [4.69, 9.17) is 28.9 Å². The summed E-state index contributed by atoms with van der Waals surface area (Å²) in [6.45, 7) is 0.431. The maximum Gasteiger partial charge on any atom is 0.0665 e. The molecule has 2 N–H and O–H groups in total. The number of halogens is 2. The van der Waals surface area contributed by atoms with Crippen molar-refractivity contribution in [1.82, 2.24) is 9.78 Å². The average Bonchev–Trinajstić information content (AvgIpc) is 2.70. The van der Waals surface area contributed by atoms with Gasteiger partial charge in [-0.1, -0.05) is 23.2 Å². The highest BCUT2D eigenvalue weighted by atomic mass is 35.5. The van der Waals surface area contributed by atoms with Crippen molar-refractivity contribution >= 4 is 23.2 Å². The van der Waals surface area contributed by atoms with Crippen LogP contribution in [0.1, 0.15) is 5.69 Å². The third-order valence-electron chi connectivity index (χ3n) is 2.08. The van der Waals surface area contributed by atoms with Gasteiger partial charge in [0.05, 0.1) is 21.4 Å². The molecule has 2 rings (SSSR count). The van der Waals surface area contributed by atoms with Crippen LogP contribution in [0.2, 0.25) is 10.0 Å². The van der Waals surface area contributed by atoms with Crippen molar-refractivity contribution < 1.29 is 0 Å². The number of benzene rings is 1. The second kappa shape index (κ2) is 4.23. The molecule has 0 amide bonds. The SMILES string of the molecule is NCc1ccnn1-c1ccc(Cl)c(Cl)c1. The number of hydrogen-bond donors (Lipinski definition) is 1. The van der Waals surface area contributed by atoms with Crippen LogP contribution in [0.5, 0.6) is 0 Å². The minimum Gasteiger partial charge on any atom is -0.325 e. The molecule has 0 saturated carbocycles. The molecule has 0 bridgehead atoms. The summed E-state index contributed by atoms with van der Waals surface area (Å²) in [5.74, 6) is 0. The summed E-state index contributed by atoms with van der Waals surface area (Å²) in [5, 5.41) is 5.20. The number of rotatable bonds is 2. The first-order chi connectivity index (χ1) is 7.22. The fourth-order valence-electron chi connectivity index (χ4n) is 1.33. The standard InChI is InChI=1S/C10H9Cl2N3/c11-9-2-1-7(5-10(9)12)15-8(6-13)3-4-14-15/h1-5H,6,13H2. The van der Waals surface area contributed by atoms with Crippen LogP contribution in [0.15, 0.2) is 30.5 Å². The van der Waals surface area contributed by atoms with Crippen molar-refractivity contribution in [3.63, 3.8) is 0 Å². The van der Waals surface area contributed by atoms with Gasteiger partial charge in [-0.15, -0.1) is 0 Å². The van der Waals surface area contributed by atoms with Crippen LogP contribution in [-0.4, -0.2) is 9.78 Å². The van der Waals surface area contributed by atoms with Gasteiger partial charge in [0.15, 0.2) is 0 Å². The average molecular weight is 242 g/mol. The van der Waals surface area contributed by atoms with E-state index < -0.39 is 0 Å². The molecule has 0 fully saturated rings.